The molecule has 0 spiro atoms. The summed E-state index contributed by atoms with van der Waals surface area (Å²) in [5.41, 5.74) is 1.66. The van der Waals surface area contributed by atoms with Crippen molar-refractivity contribution in [1.29, 1.82) is 0 Å². The minimum Gasteiger partial charge on any atom is -0.481 e. The summed E-state index contributed by atoms with van der Waals surface area (Å²) in [4.78, 5) is 22.9. The lowest BCUT2D eigenvalue weighted by molar-refractivity contribution is -0.140. The highest BCUT2D eigenvalue weighted by Crippen LogP contribution is 2.21. The molecule has 0 radical (unpaired) electrons. The van der Waals surface area contributed by atoms with Crippen molar-refractivity contribution in [2.45, 2.75) is 39.2 Å². The van der Waals surface area contributed by atoms with Gasteiger partial charge >= 0.3 is 5.97 Å². The van der Waals surface area contributed by atoms with Gasteiger partial charge in [-0.3, -0.25) is 9.59 Å². The van der Waals surface area contributed by atoms with E-state index >= 15 is 0 Å². The van der Waals surface area contributed by atoms with Crippen LogP contribution in [0.15, 0.2) is 24.3 Å². The number of hydrogen-bond acceptors (Lipinski definition) is 2. The topological polar surface area (TPSA) is 66.4 Å². The minimum atomic E-state index is -0.973. The first-order chi connectivity index (χ1) is 8.40. The molecule has 18 heavy (non-hydrogen) atoms. The monoisotopic (exact) mass is 249 g/mol. The summed E-state index contributed by atoms with van der Waals surface area (Å²) in [6.45, 7) is 5.59. The Labute approximate surface area is 107 Å². The van der Waals surface area contributed by atoms with Gasteiger partial charge in [-0.1, -0.05) is 29.8 Å². The van der Waals surface area contributed by atoms with E-state index in [1.807, 2.05) is 26.8 Å². The van der Waals surface area contributed by atoms with E-state index in [0.717, 1.165) is 5.56 Å². The number of amides is 1. The molecule has 0 heterocycles. The van der Waals surface area contributed by atoms with Crippen LogP contribution >= 0.6 is 0 Å². The van der Waals surface area contributed by atoms with E-state index in [1.54, 1.807) is 18.2 Å². The average Bonchev–Trinajstić information content (AvgIpc) is 2.24. The Morgan fingerprint density at radius 1 is 1.33 bits per heavy atom. The zero-order valence-corrected chi connectivity index (χ0v) is 10.9. The lowest BCUT2D eigenvalue weighted by Gasteiger charge is -2.14. The lowest BCUT2D eigenvalue weighted by atomic mass is 9.94. The molecule has 0 saturated heterocycles. The largest absolute Gasteiger partial charge is 0.481 e. The van der Waals surface area contributed by atoms with Crippen LogP contribution in [0.2, 0.25) is 0 Å². The smallest absolute Gasteiger partial charge is 0.311 e. The molecule has 0 saturated carbocycles. The lowest BCUT2D eigenvalue weighted by Crippen LogP contribution is -2.32. The summed E-state index contributed by atoms with van der Waals surface area (Å²) in [6.07, 6.45) is -0.0308. The third-order valence-corrected chi connectivity index (χ3v) is 2.58. The molecular formula is C14H19NO3. The molecule has 1 amide bonds. The fourth-order valence-corrected chi connectivity index (χ4v) is 1.80. The molecule has 1 unspecified atom stereocenters. The predicted molar refractivity (Wildman–Crippen MR) is 69.5 cm³/mol. The summed E-state index contributed by atoms with van der Waals surface area (Å²) >= 11 is 0. The summed E-state index contributed by atoms with van der Waals surface area (Å²) in [7, 11) is 0. The van der Waals surface area contributed by atoms with Gasteiger partial charge in [0.15, 0.2) is 0 Å². The molecule has 98 valence electrons. The van der Waals surface area contributed by atoms with Gasteiger partial charge in [-0.15, -0.1) is 0 Å². The van der Waals surface area contributed by atoms with Gasteiger partial charge < -0.3 is 10.4 Å². The number of hydrogen-bond donors (Lipinski definition) is 2. The standard InChI is InChI=1S/C14H19NO3/c1-9(2)15-13(16)8-12(14(17)18)11-6-4-5-10(3)7-11/h4-7,9,12H,8H2,1-3H3,(H,15,16)(H,17,18). The maximum absolute atomic E-state index is 11.7. The highest BCUT2D eigenvalue weighted by molar-refractivity contribution is 5.85. The first kappa shape index (κ1) is 14.2. The third-order valence-electron chi connectivity index (χ3n) is 2.58. The number of aliphatic carboxylic acids is 1. The molecule has 2 N–H and O–H groups in total. The van der Waals surface area contributed by atoms with Gasteiger partial charge in [0.25, 0.3) is 0 Å². The van der Waals surface area contributed by atoms with Crippen LogP contribution in [0.5, 0.6) is 0 Å². The molecule has 0 fully saturated rings. The van der Waals surface area contributed by atoms with E-state index in [9.17, 15) is 14.7 Å². The van der Waals surface area contributed by atoms with Crippen molar-refractivity contribution in [3.05, 3.63) is 35.4 Å². The second-order valence-electron chi connectivity index (χ2n) is 4.73. The van der Waals surface area contributed by atoms with Crippen molar-refractivity contribution < 1.29 is 14.7 Å². The molecule has 1 rings (SSSR count). The molecule has 0 bridgehead atoms. The van der Waals surface area contributed by atoms with Crippen LogP contribution in [0, 0.1) is 6.92 Å². The highest BCUT2D eigenvalue weighted by atomic mass is 16.4. The molecule has 4 heteroatoms. The van der Waals surface area contributed by atoms with E-state index in [1.165, 1.54) is 0 Å². The molecule has 0 aromatic heterocycles. The van der Waals surface area contributed by atoms with Crippen molar-refractivity contribution in [3.63, 3.8) is 0 Å². The number of aryl methyl sites for hydroxylation is 1. The first-order valence-electron chi connectivity index (χ1n) is 5.99. The number of carbonyl (C=O) groups is 2. The van der Waals surface area contributed by atoms with Crippen LogP contribution in [0.25, 0.3) is 0 Å². The molecule has 0 aliphatic heterocycles. The zero-order chi connectivity index (χ0) is 13.7. The van der Waals surface area contributed by atoms with Crippen LogP contribution in [-0.4, -0.2) is 23.0 Å². The van der Waals surface area contributed by atoms with Gasteiger partial charge in [-0.05, 0) is 26.3 Å². The van der Waals surface area contributed by atoms with Gasteiger partial charge in [-0.2, -0.15) is 0 Å². The molecule has 1 atom stereocenters. The van der Waals surface area contributed by atoms with Crippen LogP contribution in [0.1, 0.15) is 37.3 Å². The van der Waals surface area contributed by atoms with E-state index in [-0.39, 0.29) is 18.4 Å². The van der Waals surface area contributed by atoms with Crippen LogP contribution < -0.4 is 5.32 Å². The van der Waals surface area contributed by atoms with Gasteiger partial charge in [0.05, 0.1) is 5.92 Å². The van der Waals surface area contributed by atoms with Gasteiger partial charge in [0, 0.05) is 12.5 Å². The van der Waals surface area contributed by atoms with Gasteiger partial charge in [0.2, 0.25) is 5.91 Å². The second kappa shape index (κ2) is 6.19. The summed E-state index contributed by atoms with van der Waals surface area (Å²) in [5, 5.41) is 11.9. The number of carbonyl (C=O) groups excluding carboxylic acids is 1. The summed E-state index contributed by atoms with van der Waals surface area (Å²) in [5.74, 6) is -2.00. The number of carboxylic acids is 1. The molecule has 0 aliphatic rings. The normalized spacial score (nSPS) is 12.2. The van der Waals surface area contributed by atoms with Gasteiger partial charge in [-0.25, -0.2) is 0 Å². The number of benzene rings is 1. The van der Waals surface area contributed by atoms with Crippen molar-refractivity contribution in [2.24, 2.45) is 0 Å². The minimum absolute atomic E-state index is 0.0180. The van der Waals surface area contributed by atoms with Crippen molar-refractivity contribution >= 4 is 11.9 Å². The maximum atomic E-state index is 11.7. The van der Waals surface area contributed by atoms with Crippen LogP contribution in [0.3, 0.4) is 0 Å². The third kappa shape index (κ3) is 4.20. The Bertz CT molecular complexity index is 440. The van der Waals surface area contributed by atoms with E-state index < -0.39 is 11.9 Å². The van der Waals surface area contributed by atoms with Crippen molar-refractivity contribution in [1.82, 2.24) is 5.32 Å². The Kier molecular flexibility index (Phi) is 4.89. The molecule has 1 aromatic carbocycles. The van der Waals surface area contributed by atoms with E-state index in [4.69, 9.17) is 0 Å². The Balaban J connectivity index is 2.84. The van der Waals surface area contributed by atoms with E-state index in [2.05, 4.69) is 5.32 Å². The second-order valence-corrected chi connectivity index (χ2v) is 4.73. The maximum Gasteiger partial charge on any atom is 0.311 e. The van der Waals surface area contributed by atoms with Crippen molar-refractivity contribution in [3.8, 4) is 0 Å². The highest BCUT2D eigenvalue weighted by Gasteiger charge is 2.23. The summed E-state index contributed by atoms with van der Waals surface area (Å²) < 4.78 is 0. The molecule has 4 nitrogen and oxygen atoms in total. The van der Waals surface area contributed by atoms with Gasteiger partial charge in [0.1, 0.15) is 0 Å². The quantitative estimate of drug-likeness (QED) is 0.839. The molecule has 0 aliphatic carbocycles. The molecule has 1 aromatic rings. The van der Waals surface area contributed by atoms with Crippen LogP contribution in [0.4, 0.5) is 0 Å². The van der Waals surface area contributed by atoms with Crippen LogP contribution in [-0.2, 0) is 9.59 Å². The summed E-state index contributed by atoms with van der Waals surface area (Å²) in [6, 6.07) is 7.28. The van der Waals surface area contributed by atoms with E-state index in [0.29, 0.717) is 5.56 Å². The first-order valence-corrected chi connectivity index (χ1v) is 5.99. The fourth-order valence-electron chi connectivity index (χ4n) is 1.80. The Hall–Kier alpha value is -1.84. The Morgan fingerprint density at radius 3 is 2.50 bits per heavy atom. The zero-order valence-electron chi connectivity index (χ0n) is 10.9. The number of rotatable bonds is 5. The SMILES string of the molecule is Cc1cccc(C(CC(=O)NC(C)C)C(=O)O)c1. The fraction of sp³-hybridized carbons (Fsp3) is 0.429. The number of carboxylic acid groups (broad SMARTS) is 1. The number of nitrogens with one attached hydrogen (secondary N) is 1. The molecular weight excluding hydrogens is 230 g/mol. The van der Waals surface area contributed by atoms with Crippen molar-refractivity contribution in [2.75, 3.05) is 0 Å². The predicted octanol–water partition coefficient (Wildman–Crippen LogP) is 2.08. The average molecular weight is 249 g/mol. The Morgan fingerprint density at radius 2 is 2.00 bits per heavy atom.